The van der Waals surface area contributed by atoms with Crippen molar-refractivity contribution in [1.82, 2.24) is 19.4 Å². The van der Waals surface area contributed by atoms with Gasteiger partial charge in [-0.05, 0) is 43.7 Å². The van der Waals surface area contributed by atoms with Crippen molar-refractivity contribution in [2.45, 2.75) is 26.4 Å². The summed E-state index contributed by atoms with van der Waals surface area (Å²) in [5, 5.41) is 0. The number of imidazole rings is 1. The third kappa shape index (κ3) is 3.79. The molecule has 26 heavy (non-hydrogen) atoms. The molecule has 0 atom stereocenters. The van der Waals surface area contributed by atoms with Gasteiger partial charge in [0.15, 0.2) is 0 Å². The van der Waals surface area contributed by atoms with E-state index in [1.165, 1.54) is 6.07 Å². The fourth-order valence-corrected chi connectivity index (χ4v) is 2.75. The second-order valence-electron chi connectivity index (χ2n) is 6.48. The second kappa shape index (κ2) is 7.47. The number of nitrogens with zero attached hydrogens (tertiary/aromatic N) is 4. The van der Waals surface area contributed by atoms with Crippen LogP contribution in [-0.2, 0) is 13.6 Å². The molecule has 2 heterocycles. The quantitative estimate of drug-likeness (QED) is 0.704. The molecular weight excluding hydrogens is 331 g/mol. The predicted octanol–water partition coefficient (Wildman–Crippen LogP) is 3.67. The molecule has 0 N–H and O–H groups in total. The molecule has 0 aliphatic rings. The van der Waals surface area contributed by atoms with E-state index in [0.29, 0.717) is 23.5 Å². The predicted molar refractivity (Wildman–Crippen MR) is 97.8 cm³/mol. The zero-order chi connectivity index (χ0) is 18.7. The number of carbonyl (C=O) groups is 1. The maximum atomic E-state index is 14.2. The van der Waals surface area contributed by atoms with Crippen LogP contribution in [0.4, 0.5) is 4.39 Å². The lowest BCUT2D eigenvalue weighted by atomic mass is 10.1. The largest absolute Gasteiger partial charge is 0.340 e. The smallest absolute Gasteiger partial charge is 0.274 e. The summed E-state index contributed by atoms with van der Waals surface area (Å²) < 4.78 is 16.0. The summed E-state index contributed by atoms with van der Waals surface area (Å²) in [6.07, 6.45) is 4.93. The van der Waals surface area contributed by atoms with Crippen molar-refractivity contribution in [3.8, 4) is 11.3 Å². The Hall–Kier alpha value is -3.02. The lowest BCUT2D eigenvalue weighted by Gasteiger charge is -2.26. The monoisotopic (exact) mass is 352 g/mol. The number of pyridine rings is 1. The van der Waals surface area contributed by atoms with Gasteiger partial charge in [0.2, 0.25) is 0 Å². The molecule has 0 saturated carbocycles. The first-order chi connectivity index (χ1) is 12.5. The first-order valence-corrected chi connectivity index (χ1v) is 8.44. The summed E-state index contributed by atoms with van der Waals surface area (Å²) >= 11 is 0. The SMILES string of the molecule is CC(C)N(Cc1ccc(F)c(-c2ccccn2)c1)C(=O)c1cn(C)cn1. The average Bonchev–Trinajstić information content (AvgIpc) is 3.07. The zero-order valence-electron chi connectivity index (χ0n) is 15.1. The Balaban J connectivity index is 1.89. The van der Waals surface area contributed by atoms with Crippen LogP contribution in [0.3, 0.4) is 0 Å². The van der Waals surface area contributed by atoms with Gasteiger partial charge in [-0.1, -0.05) is 12.1 Å². The third-order valence-corrected chi connectivity index (χ3v) is 4.13. The summed E-state index contributed by atoms with van der Waals surface area (Å²) in [6, 6.07) is 10.2. The van der Waals surface area contributed by atoms with E-state index >= 15 is 0 Å². The van der Waals surface area contributed by atoms with Crippen molar-refractivity contribution in [1.29, 1.82) is 0 Å². The standard InChI is InChI=1S/C20H21FN4O/c1-14(2)25(20(26)19-12-24(3)13-23-19)11-15-7-8-17(21)16(10-15)18-6-4-5-9-22-18/h4-10,12-14H,11H2,1-3H3. The number of aryl methyl sites for hydroxylation is 1. The fraction of sp³-hybridized carbons (Fsp3) is 0.250. The molecule has 1 aromatic carbocycles. The minimum atomic E-state index is -0.334. The van der Waals surface area contributed by atoms with Crippen LogP contribution in [0, 0.1) is 5.82 Å². The highest BCUT2D eigenvalue weighted by Gasteiger charge is 2.21. The van der Waals surface area contributed by atoms with E-state index in [4.69, 9.17) is 0 Å². The van der Waals surface area contributed by atoms with E-state index in [1.807, 2.05) is 27.0 Å². The highest BCUT2D eigenvalue weighted by atomic mass is 19.1. The number of halogens is 1. The van der Waals surface area contributed by atoms with E-state index in [9.17, 15) is 9.18 Å². The lowest BCUT2D eigenvalue weighted by molar-refractivity contribution is 0.0684. The van der Waals surface area contributed by atoms with Crippen molar-refractivity contribution < 1.29 is 9.18 Å². The molecule has 2 aromatic heterocycles. The normalized spacial score (nSPS) is 11.0. The molecule has 3 aromatic rings. The van der Waals surface area contributed by atoms with Gasteiger partial charge in [0.05, 0.1) is 12.0 Å². The van der Waals surface area contributed by atoms with E-state index in [0.717, 1.165) is 5.56 Å². The number of hydrogen-bond acceptors (Lipinski definition) is 3. The molecule has 6 heteroatoms. The molecule has 0 saturated heterocycles. The minimum Gasteiger partial charge on any atom is -0.340 e. The average molecular weight is 352 g/mol. The Kier molecular flexibility index (Phi) is 5.11. The van der Waals surface area contributed by atoms with Crippen LogP contribution in [0.25, 0.3) is 11.3 Å². The van der Waals surface area contributed by atoms with Gasteiger partial charge in [0.25, 0.3) is 5.91 Å². The molecule has 0 aliphatic heterocycles. The molecule has 0 unspecified atom stereocenters. The summed E-state index contributed by atoms with van der Waals surface area (Å²) in [4.78, 5) is 22.9. The van der Waals surface area contributed by atoms with Crippen LogP contribution >= 0.6 is 0 Å². The Morgan fingerprint density at radius 3 is 2.65 bits per heavy atom. The summed E-state index contributed by atoms with van der Waals surface area (Å²) in [5.41, 5.74) is 2.23. The lowest BCUT2D eigenvalue weighted by Crippen LogP contribution is -2.36. The van der Waals surface area contributed by atoms with E-state index in [1.54, 1.807) is 52.5 Å². The van der Waals surface area contributed by atoms with Gasteiger partial charge in [-0.2, -0.15) is 0 Å². The number of amides is 1. The molecule has 0 bridgehead atoms. The van der Waals surface area contributed by atoms with E-state index < -0.39 is 0 Å². The highest BCUT2D eigenvalue weighted by molar-refractivity contribution is 5.92. The summed E-state index contributed by atoms with van der Waals surface area (Å²) in [5.74, 6) is -0.482. The van der Waals surface area contributed by atoms with E-state index in [2.05, 4.69) is 9.97 Å². The van der Waals surface area contributed by atoms with Gasteiger partial charge >= 0.3 is 0 Å². The Labute approximate surface area is 152 Å². The maximum absolute atomic E-state index is 14.2. The number of carbonyl (C=O) groups excluding carboxylic acids is 1. The molecule has 3 rings (SSSR count). The van der Waals surface area contributed by atoms with Crippen molar-refractivity contribution in [3.63, 3.8) is 0 Å². The van der Waals surface area contributed by atoms with Gasteiger partial charge in [0, 0.05) is 37.6 Å². The van der Waals surface area contributed by atoms with E-state index in [-0.39, 0.29) is 17.8 Å². The van der Waals surface area contributed by atoms with Crippen molar-refractivity contribution in [2.24, 2.45) is 7.05 Å². The van der Waals surface area contributed by atoms with Crippen molar-refractivity contribution in [2.75, 3.05) is 0 Å². The van der Waals surface area contributed by atoms with Crippen LogP contribution < -0.4 is 0 Å². The van der Waals surface area contributed by atoms with Gasteiger partial charge in [-0.25, -0.2) is 9.37 Å². The molecule has 0 radical (unpaired) electrons. The zero-order valence-corrected chi connectivity index (χ0v) is 15.1. The van der Waals surface area contributed by atoms with Crippen molar-refractivity contribution in [3.05, 3.63) is 72.2 Å². The topological polar surface area (TPSA) is 51.0 Å². The molecule has 5 nitrogen and oxygen atoms in total. The first kappa shape index (κ1) is 17.8. The third-order valence-electron chi connectivity index (χ3n) is 4.13. The molecule has 134 valence electrons. The van der Waals surface area contributed by atoms with Crippen LogP contribution in [0.5, 0.6) is 0 Å². The number of rotatable bonds is 5. The van der Waals surface area contributed by atoms with Crippen molar-refractivity contribution >= 4 is 5.91 Å². The Morgan fingerprint density at radius 1 is 1.23 bits per heavy atom. The van der Waals surface area contributed by atoms with Crippen LogP contribution in [0.15, 0.2) is 55.1 Å². The van der Waals surface area contributed by atoms with Gasteiger partial charge in [0.1, 0.15) is 11.5 Å². The molecule has 0 spiro atoms. The van der Waals surface area contributed by atoms with Gasteiger partial charge in [-0.15, -0.1) is 0 Å². The fourth-order valence-electron chi connectivity index (χ4n) is 2.75. The maximum Gasteiger partial charge on any atom is 0.274 e. The summed E-state index contributed by atoms with van der Waals surface area (Å²) in [7, 11) is 1.82. The van der Waals surface area contributed by atoms with Gasteiger partial charge in [-0.3, -0.25) is 9.78 Å². The first-order valence-electron chi connectivity index (χ1n) is 8.44. The summed E-state index contributed by atoms with van der Waals surface area (Å²) in [6.45, 7) is 4.27. The van der Waals surface area contributed by atoms with Gasteiger partial charge < -0.3 is 9.47 Å². The molecular formula is C20H21FN4O. The Bertz CT molecular complexity index is 905. The number of aromatic nitrogens is 3. The molecule has 1 amide bonds. The highest BCUT2D eigenvalue weighted by Crippen LogP contribution is 2.23. The number of hydrogen-bond donors (Lipinski definition) is 0. The van der Waals surface area contributed by atoms with Crippen LogP contribution in [0.1, 0.15) is 29.9 Å². The molecule has 0 aliphatic carbocycles. The molecule has 0 fully saturated rings. The Morgan fingerprint density at radius 2 is 2.04 bits per heavy atom. The van der Waals surface area contributed by atoms with Crippen LogP contribution in [0.2, 0.25) is 0 Å². The second-order valence-corrected chi connectivity index (χ2v) is 6.48. The number of benzene rings is 1. The van der Waals surface area contributed by atoms with Crippen LogP contribution in [-0.4, -0.2) is 31.4 Å². The minimum absolute atomic E-state index is 0.0205.